The number of ether oxygens (including phenoxy) is 1. The van der Waals surface area contributed by atoms with Crippen molar-refractivity contribution in [2.45, 2.75) is 38.8 Å². The van der Waals surface area contributed by atoms with E-state index in [2.05, 4.69) is 90.1 Å². The molecular weight excluding hydrogens is 458 g/mol. The molecule has 2 N–H and O–H groups in total. The van der Waals surface area contributed by atoms with Gasteiger partial charge in [0, 0.05) is 30.3 Å². The number of carbonyl (C=O) groups is 1. The molecule has 3 unspecified atom stereocenters. The van der Waals surface area contributed by atoms with E-state index in [0.29, 0.717) is 25.0 Å². The van der Waals surface area contributed by atoms with Crippen LogP contribution in [-0.2, 0) is 6.61 Å². The summed E-state index contributed by atoms with van der Waals surface area (Å²) in [7, 11) is 0. The molecule has 37 heavy (non-hydrogen) atoms. The molecule has 1 amide bonds. The predicted octanol–water partition coefficient (Wildman–Crippen LogP) is 6.16. The third-order valence-corrected chi connectivity index (χ3v) is 7.72. The lowest BCUT2D eigenvalue weighted by atomic mass is 9.76. The van der Waals surface area contributed by atoms with Crippen molar-refractivity contribution in [3.63, 3.8) is 0 Å². The van der Waals surface area contributed by atoms with E-state index in [9.17, 15) is 4.79 Å². The highest BCUT2D eigenvalue weighted by molar-refractivity contribution is 5.95. The number of anilines is 1. The van der Waals surface area contributed by atoms with E-state index in [-0.39, 0.29) is 11.9 Å². The standard InChI is InChI=1S/C32H37N3O2/c1-3-35(4-2)20-19-33-32(36)25-15-18-30-29(21-25)27-11-8-12-28(27)31(34-30)24-13-16-26(17-14-24)37-22-23-9-6-5-7-10-23/h5-11,13-18,21,27-28,31,34H,3-4,12,19-20,22H2,1-2H3,(H,33,36). The first kappa shape index (κ1) is 25.1. The van der Waals surface area contributed by atoms with Crippen molar-refractivity contribution in [3.8, 4) is 5.75 Å². The van der Waals surface area contributed by atoms with Gasteiger partial charge in [-0.25, -0.2) is 0 Å². The lowest BCUT2D eigenvalue weighted by molar-refractivity contribution is 0.0948. The highest BCUT2D eigenvalue weighted by Crippen LogP contribution is 2.50. The van der Waals surface area contributed by atoms with Gasteiger partial charge >= 0.3 is 0 Å². The van der Waals surface area contributed by atoms with Crippen molar-refractivity contribution in [1.82, 2.24) is 10.2 Å². The number of hydrogen-bond acceptors (Lipinski definition) is 4. The molecule has 5 rings (SSSR count). The number of fused-ring (bicyclic) bond motifs is 3. The van der Waals surface area contributed by atoms with Crippen LogP contribution in [0.3, 0.4) is 0 Å². The Morgan fingerprint density at radius 2 is 1.81 bits per heavy atom. The van der Waals surface area contributed by atoms with Gasteiger partial charge < -0.3 is 20.3 Å². The van der Waals surface area contributed by atoms with Gasteiger partial charge in [0.1, 0.15) is 12.4 Å². The largest absolute Gasteiger partial charge is 0.489 e. The Balaban J connectivity index is 1.26. The van der Waals surface area contributed by atoms with Gasteiger partial charge in [-0.2, -0.15) is 0 Å². The molecule has 5 heteroatoms. The van der Waals surface area contributed by atoms with Crippen molar-refractivity contribution in [2.75, 3.05) is 31.5 Å². The second-order valence-corrected chi connectivity index (χ2v) is 9.90. The van der Waals surface area contributed by atoms with Gasteiger partial charge in [-0.3, -0.25) is 4.79 Å². The molecule has 1 aliphatic heterocycles. The number of allylic oxidation sites excluding steroid dienone is 2. The summed E-state index contributed by atoms with van der Waals surface area (Å²) in [5.41, 5.74) is 5.48. The van der Waals surface area contributed by atoms with Gasteiger partial charge in [0.15, 0.2) is 0 Å². The Hall–Kier alpha value is -3.57. The molecule has 1 heterocycles. The first-order valence-electron chi connectivity index (χ1n) is 13.5. The van der Waals surface area contributed by atoms with Crippen LogP contribution in [0, 0.1) is 5.92 Å². The number of carbonyl (C=O) groups excluding carboxylic acids is 1. The van der Waals surface area contributed by atoms with Crippen molar-refractivity contribution >= 4 is 11.6 Å². The molecule has 2 aliphatic rings. The molecule has 0 saturated heterocycles. The Morgan fingerprint density at radius 1 is 1.03 bits per heavy atom. The van der Waals surface area contributed by atoms with Gasteiger partial charge in [-0.15, -0.1) is 0 Å². The van der Waals surface area contributed by atoms with Crippen LogP contribution in [0.5, 0.6) is 5.75 Å². The number of benzene rings is 3. The summed E-state index contributed by atoms with van der Waals surface area (Å²) in [5, 5.41) is 6.88. The molecule has 3 aromatic carbocycles. The van der Waals surface area contributed by atoms with E-state index in [1.807, 2.05) is 24.3 Å². The number of likely N-dealkylation sites (N-methyl/N-ethyl adjacent to an activating group) is 1. The number of amides is 1. The fourth-order valence-corrected chi connectivity index (χ4v) is 5.55. The van der Waals surface area contributed by atoms with Crippen molar-refractivity contribution in [1.29, 1.82) is 0 Å². The number of nitrogens with zero attached hydrogens (tertiary/aromatic N) is 1. The zero-order chi connectivity index (χ0) is 25.6. The molecule has 0 radical (unpaired) electrons. The van der Waals surface area contributed by atoms with Crippen LogP contribution in [0.4, 0.5) is 5.69 Å². The predicted molar refractivity (Wildman–Crippen MR) is 150 cm³/mol. The van der Waals surface area contributed by atoms with Gasteiger partial charge in [0.25, 0.3) is 5.91 Å². The molecule has 0 aromatic heterocycles. The number of nitrogens with one attached hydrogen (secondary N) is 2. The molecule has 3 aromatic rings. The van der Waals surface area contributed by atoms with Crippen LogP contribution >= 0.6 is 0 Å². The molecule has 1 aliphatic carbocycles. The van der Waals surface area contributed by atoms with Crippen molar-refractivity contribution in [2.24, 2.45) is 5.92 Å². The molecule has 0 spiro atoms. The summed E-state index contributed by atoms with van der Waals surface area (Å²) in [4.78, 5) is 15.2. The van der Waals surface area contributed by atoms with E-state index >= 15 is 0 Å². The normalized spacial score (nSPS) is 19.7. The highest BCUT2D eigenvalue weighted by atomic mass is 16.5. The zero-order valence-corrected chi connectivity index (χ0v) is 21.8. The van der Waals surface area contributed by atoms with Crippen LogP contribution < -0.4 is 15.4 Å². The van der Waals surface area contributed by atoms with Crippen LogP contribution in [0.1, 0.15) is 59.3 Å². The second-order valence-electron chi connectivity index (χ2n) is 9.90. The molecule has 0 saturated carbocycles. The molecular formula is C32H37N3O2. The summed E-state index contributed by atoms with van der Waals surface area (Å²) < 4.78 is 5.99. The van der Waals surface area contributed by atoms with E-state index in [1.165, 1.54) is 11.1 Å². The maximum Gasteiger partial charge on any atom is 0.251 e. The molecule has 3 atom stereocenters. The monoisotopic (exact) mass is 495 g/mol. The van der Waals surface area contributed by atoms with Crippen molar-refractivity contribution in [3.05, 3.63) is 107 Å². The molecule has 0 bridgehead atoms. The maximum absolute atomic E-state index is 12.9. The van der Waals surface area contributed by atoms with Gasteiger partial charge in [0.05, 0.1) is 6.04 Å². The summed E-state index contributed by atoms with van der Waals surface area (Å²) >= 11 is 0. The number of hydrogen-bond donors (Lipinski definition) is 2. The third-order valence-electron chi connectivity index (χ3n) is 7.72. The summed E-state index contributed by atoms with van der Waals surface area (Å²) in [5.74, 6) is 1.60. The van der Waals surface area contributed by atoms with Crippen molar-refractivity contribution < 1.29 is 9.53 Å². The van der Waals surface area contributed by atoms with Gasteiger partial charge in [0.2, 0.25) is 0 Å². The zero-order valence-electron chi connectivity index (χ0n) is 21.8. The summed E-state index contributed by atoms with van der Waals surface area (Å²) in [6.45, 7) is 8.39. The second kappa shape index (κ2) is 11.7. The van der Waals surface area contributed by atoms with Crippen LogP contribution in [0.15, 0.2) is 84.9 Å². The SMILES string of the molecule is CCN(CC)CCNC(=O)c1ccc2c(c1)C1C=CCC1C(c1ccc(OCc3ccccc3)cc1)N2. The van der Waals surface area contributed by atoms with Crippen LogP contribution in [0.25, 0.3) is 0 Å². The minimum absolute atomic E-state index is 0.00157. The van der Waals surface area contributed by atoms with Crippen LogP contribution in [0.2, 0.25) is 0 Å². The smallest absolute Gasteiger partial charge is 0.251 e. The number of rotatable bonds is 10. The minimum atomic E-state index is 0.00157. The summed E-state index contributed by atoms with van der Waals surface area (Å²) in [6, 6.07) is 25.0. The molecule has 0 fully saturated rings. The van der Waals surface area contributed by atoms with E-state index in [1.54, 1.807) is 0 Å². The molecule has 192 valence electrons. The van der Waals surface area contributed by atoms with E-state index in [0.717, 1.165) is 48.6 Å². The lowest BCUT2D eigenvalue weighted by Crippen LogP contribution is -2.35. The summed E-state index contributed by atoms with van der Waals surface area (Å²) in [6.07, 6.45) is 5.62. The van der Waals surface area contributed by atoms with E-state index in [4.69, 9.17) is 4.74 Å². The Labute approximate surface area is 220 Å². The van der Waals surface area contributed by atoms with Gasteiger partial charge in [-0.05, 0) is 72.5 Å². The fraction of sp³-hybridized carbons (Fsp3) is 0.344. The lowest BCUT2D eigenvalue weighted by Gasteiger charge is -2.37. The maximum atomic E-state index is 12.9. The third kappa shape index (κ3) is 5.72. The quantitative estimate of drug-likeness (QED) is 0.331. The Kier molecular flexibility index (Phi) is 7.90. The first-order valence-corrected chi connectivity index (χ1v) is 13.5. The average molecular weight is 496 g/mol. The Morgan fingerprint density at radius 3 is 2.57 bits per heavy atom. The highest BCUT2D eigenvalue weighted by Gasteiger charge is 2.38. The van der Waals surface area contributed by atoms with E-state index < -0.39 is 0 Å². The average Bonchev–Trinajstić information content (AvgIpc) is 3.45. The van der Waals surface area contributed by atoms with Gasteiger partial charge in [-0.1, -0.05) is 68.5 Å². The molecule has 5 nitrogen and oxygen atoms in total. The minimum Gasteiger partial charge on any atom is -0.489 e. The first-order chi connectivity index (χ1) is 18.2. The van der Waals surface area contributed by atoms with Crippen LogP contribution in [-0.4, -0.2) is 37.0 Å². The topological polar surface area (TPSA) is 53.6 Å². The fourth-order valence-electron chi connectivity index (χ4n) is 5.55. The Bertz CT molecular complexity index is 1220.